The minimum Gasteiger partial charge on any atom is -0.494 e. The third kappa shape index (κ3) is 12.3. The summed E-state index contributed by atoms with van der Waals surface area (Å²) in [6, 6.07) is 13.4. The van der Waals surface area contributed by atoms with E-state index in [1.807, 2.05) is 0 Å². The van der Waals surface area contributed by atoms with E-state index in [1.165, 1.54) is 0 Å². The average Bonchev–Trinajstić information content (AvgIpc) is 3.73. The standard InChI is InChI=1S/C38H46O12/c1-3-33(39)45-23-11-7-5-9-21-43-29-17-13-27(14-18-29)37(41)49-31-25-47-36-32(26-48-35(31)36)50-38(42)28-15-19-30(20-16-28)44-22-10-6-8-12-24-46-34(40)4-2/h3-4,13-20,31-32,35-36H,1-2,5-12,21-26H2/t31-,32?,35?,36?/m0/s1. The van der Waals surface area contributed by atoms with Crippen molar-refractivity contribution in [3.63, 3.8) is 0 Å². The van der Waals surface area contributed by atoms with Crippen LogP contribution in [0.5, 0.6) is 11.5 Å². The van der Waals surface area contributed by atoms with Crippen molar-refractivity contribution < 1.29 is 57.1 Å². The lowest BCUT2D eigenvalue weighted by atomic mass is 10.1. The first kappa shape index (κ1) is 38.1. The predicted octanol–water partition coefficient (Wildman–Crippen LogP) is 5.57. The number of carbonyl (C=O) groups is 4. The molecule has 2 aliphatic rings. The van der Waals surface area contributed by atoms with Crippen LogP contribution in [0, 0.1) is 0 Å². The highest BCUT2D eigenvalue weighted by atomic mass is 16.7. The first-order valence-electron chi connectivity index (χ1n) is 17.1. The molecule has 2 aromatic rings. The first-order valence-corrected chi connectivity index (χ1v) is 17.1. The van der Waals surface area contributed by atoms with E-state index in [4.69, 9.17) is 37.9 Å². The molecule has 2 saturated heterocycles. The van der Waals surface area contributed by atoms with Crippen LogP contribution in [0.25, 0.3) is 0 Å². The summed E-state index contributed by atoms with van der Waals surface area (Å²) in [5, 5.41) is 0. The lowest BCUT2D eigenvalue weighted by Crippen LogP contribution is -2.36. The van der Waals surface area contributed by atoms with Gasteiger partial charge in [-0.15, -0.1) is 0 Å². The molecule has 0 radical (unpaired) electrons. The van der Waals surface area contributed by atoms with Crippen molar-refractivity contribution in [3.8, 4) is 11.5 Å². The quantitative estimate of drug-likeness (QED) is 0.0658. The summed E-state index contributed by atoms with van der Waals surface area (Å²) in [7, 11) is 0. The van der Waals surface area contributed by atoms with Crippen LogP contribution in [-0.2, 0) is 38.0 Å². The number of hydrogen-bond donors (Lipinski definition) is 0. The zero-order valence-corrected chi connectivity index (χ0v) is 28.3. The second-order valence-electron chi connectivity index (χ2n) is 11.8. The van der Waals surface area contributed by atoms with Gasteiger partial charge in [0.1, 0.15) is 23.7 Å². The minimum absolute atomic E-state index is 0.127. The van der Waals surface area contributed by atoms with E-state index in [0.29, 0.717) is 49.1 Å². The lowest BCUT2D eigenvalue weighted by molar-refractivity contribution is -0.138. The van der Waals surface area contributed by atoms with E-state index in [0.717, 1.165) is 63.5 Å². The van der Waals surface area contributed by atoms with Gasteiger partial charge in [0.05, 0.1) is 50.8 Å². The maximum atomic E-state index is 12.9. The number of benzene rings is 2. The van der Waals surface area contributed by atoms with Crippen LogP contribution in [0.3, 0.4) is 0 Å². The number of rotatable bonds is 22. The molecule has 0 saturated carbocycles. The summed E-state index contributed by atoms with van der Waals surface area (Å²) in [5.41, 5.74) is 0.735. The van der Waals surface area contributed by atoms with Crippen LogP contribution in [0.2, 0.25) is 0 Å². The summed E-state index contributed by atoms with van der Waals surface area (Å²) in [4.78, 5) is 47.8. The molecule has 0 bridgehead atoms. The van der Waals surface area contributed by atoms with E-state index in [1.54, 1.807) is 48.5 Å². The monoisotopic (exact) mass is 694 g/mol. The van der Waals surface area contributed by atoms with Crippen LogP contribution in [0.1, 0.15) is 72.1 Å². The van der Waals surface area contributed by atoms with Gasteiger partial charge in [-0.05, 0) is 99.9 Å². The summed E-state index contributed by atoms with van der Waals surface area (Å²) in [6.45, 7) is 8.81. The summed E-state index contributed by atoms with van der Waals surface area (Å²) in [5.74, 6) is -0.553. The van der Waals surface area contributed by atoms with E-state index in [-0.39, 0.29) is 13.2 Å². The molecular weight excluding hydrogens is 648 g/mol. The summed E-state index contributed by atoms with van der Waals surface area (Å²) >= 11 is 0. The topological polar surface area (TPSA) is 142 Å². The molecule has 2 fully saturated rings. The highest BCUT2D eigenvalue weighted by Gasteiger charge is 2.51. The van der Waals surface area contributed by atoms with Crippen molar-refractivity contribution >= 4 is 23.9 Å². The zero-order chi connectivity index (χ0) is 35.6. The molecule has 4 atom stereocenters. The highest BCUT2D eigenvalue weighted by Crippen LogP contribution is 2.32. The maximum Gasteiger partial charge on any atom is 0.338 e. The fraction of sp³-hybridized carbons (Fsp3) is 0.474. The van der Waals surface area contributed by atoms with Crippen LogP contribution >= 0.6 is 0 Å². The van der Waals surface area contributed by atoms with E-state index in [9.17, 15) is 19.2 Å². The first-order chi connectivity index (χ1) is 24.4. The third-order valence-electron chi connectivity index (χ3n) is 8.10. The second kappa shape index (κ2) is 20.7. The Bertz CT molecular complexity index is 1300. The summed E-state index contributed by atoms with van der Waals surface area (Å²) in [6.07, 6.45) is 6.93. The Morgan fingerprint density at radius 2 is 0.920 bits per heavy atom. The van der Waals surface area contributed by atoms with Crippen LogP contribution in [-0.4, -0.2) is 87.9 Å². The van der Waals surface area contributed by atoms with Gasteiger partial charge in [-0.3, -0.25) is 0 Å². The van der Waals surface area contributed by atoms with Crippen LogP contribution in [0.15, 0.2) is 73.8 Å². The minimum atomic E-state index is -0.640. The molecule has 2 aromatic carbocycles. The van der Waals surface area contributed by atoms with Gasteiger partial charge >= 0.3 is 23.9 Å². The van der Waals surface area contributed by atoms with Gasteiger partial charge in [0.15, 0.2) is 12.2 Å². The van der Waals surface area contributed by atoms with Crippen molar-refractivity contribution in [2.75, 3.05) is 39.6 Å². The van der Waals surface area contributed by atoms with Gasteiger partial charge in [0.25, 0.3) is 0 Å². The molecule has 3 unspecified atom stereocenters. The normalized spacial score (nSPS) is 19.1. The predicted molar refractivity (Wildman–Crippen MR) is 181 cm³/mol. The zero-order valence-electron chi connectivity index (χ0n) is 28.3. The number of fused-ring (bicyclic) bond motifs is 1. The molecule has 12 nitrogen and oxygen atoms in total. The third-order valence-corrected chi connectivity index (χ3v) is 8.10. The van der Waals surface area contributed by atoms with Gasteiger partial charge in [-0.1, -0.05) is 13.2 Å². The second-order valence-corrected chi connectivity index (χ2v) is 11.8. The fourth-order valence-corrected chi connectivity index (χ4v) is 5.38. The highest BCUT2D eigenvalue weighted by molar-refractivity contribution is 5.90. The Kier molecular flexibility index (Phi) is 15.8. The number of ether oxygens (including phenoxy) is 8. The van der Waals surface area contributed by atoms with Gasteiger partial charge in [-0.2, -0.15) is 0 Å². The largest absolute Gasteiger partial charge is 0.494 e. The van der Waals surface area contributed by atoms with Gasteiger partial charge in [0, 0.05) is 12.2 Å². The molecule has 12 heteroatoms. The van der Waals surface area contributed by atoms with Gasteiger partial charge in [-0.25, -0.2) is 19.2 Å². The van der Waals surface area contributed by atoms with Crippen LogP contribution < -0.4 is 9.47 Å². The molecule has 0 amide bonds. The molecule has 0 aromatic heterocycles. The van der Waals surface area contributed by atoms with Gasteiger partial charge in [0.2, 0.25) is 0 Å². The molecule has 0 spiro atoms. The van der Waals surface area contributed by atoms with Crippen LogP contribution in [0.4, 0.5) is 0 Å². The Balaban J connectivity index is 1.10. The Morgan fingerprint density at radius 3 is 1.28 bits per heavy atom. The molecule has 4 rings (SSSR count). The SMILES string of the molecule is C=CC(=O)OCCCCCCOc1ccc(C(=O)OC2COC3C2OC[C@@H]3OC(=O)c2ccc(OCCCCCCOC(=O)C=C)cc2)cc1. The average molecular weight is 695 g/mol. The maximum absolute atomic E-state index is 12.9. The number of carbonyl (C=O) groups excluding carboxylic acids is 4. The van der Waals surface area contributed by atoms with Crippen molar-refractivity contribution in [2.24, 2.45) is 0 Å². The molecular formula is C38H46O12. The fourth-order valence-electron chi connectivity index (χ4n) is 5.38. The Morgan fingerprint density at radius 1 is 0.560 bits per heavy atom. The van der Waals surface area contributed by atoms with Gasteiger partial charge < -0.3 is 37.9 Å². The summed E-state index contributed by atoms with van der Waals surface area (Å²) < 4.78 is 44.5. The Labute approximate surface area is 292 Å². The smallest absolute Gasteiger partial charge is 0.338 e. The molecule has 270 valence electrons. The van der Waals surface area contributed by atoms with Crippen molar-refractivity contribution in [1.82, 2.24) is 0 Å². The lowest BCUT2D eigenvalue weighted by Gasteiger charge is -2.17. The molecule has 2 heterocycles. The molecule has 2 aliphatic heterocycles. The van der Waals surface area contributed by atoms with Crippen molar-refractivity contribution in [3.05, 3.63) is 85.0 Å². The number of hydrogen-bond acceptors (Lipinski definition) is 12. The van der Waals surface area contributed by atoms with E-state index >= 15 is 0 Å². The number of unbranched alkanes of at least 4 members (excludes halogenated alkanes) is 6. The molecule has 0 aliphatic carbocycles. The van der Waals surface area contributed by atoms with E-state index in [2.05, 4.69) is 13.2 Å². The Hall–Kier alpha value is -4.68. The van der Waals surface area contributed by atoms with Crippen molar-refractivity contribution in [2.45, 2.75) is 75.8 Å². The number of esters is 4. The van der Waals surface area contributed by atoms with E-state index < -0.39 is 48.3 Å². The van der Waals surface area contributed by atoms with Crippen molar-refractivity contribution in [1.29, 1.82) is 0 Å². The molecule has 0 N–H and O–H groups in total. The molecule has 50 heavy (non-hydrogen) atoms.